The molecule has 0 heterocycles. The summed E-state index contributed by atoms with van der Waals surface area (Å²) in [6.07, 6.45) is 3.10. The molecule has 2 aromatic rings. The van der Waals surface area contributed by atoms with E-state index < -0.39 is 0 Å². The normalized spacial score (nSPS) is 11.9. The van der Waals surface area contributed by atoms with E-state index in [-0.39, 0.29) is 6.04 Å². The summed E-state index contributed by atoms with van der Waals surface area (Å²) in [5, 5.41) is 3.60. The molecule has 0 aliphatic rings. The van der Waals surface area contributed by atoms with E-state index in [2.05, 4.69) is 54.9 Å². The molecule has 0 aliphatic carbocycles. The molecule has 0 aromatic heterocycles. The van der Waals surface area contributed by atoms with Crippen molar-refractivity contribution >= 4 is 17.4 Å². The van der Waals surface area contributed by atoms with Crippen LogP contribution in [0.3, 0.4) is 0 Å². The standard InChI is InChI=1S/C17H21NOS/c1-4-16(15-10-5-6-11-17(15)19-2)18-13-8-7-9-14(12-13)20-3/h5-12,16,18H,4H2,1-3H3. The Labute approximate surface area is 125 Å². The first kappa shape index (κ1) is 14.8. The van der Waals surface area contributed by atoms with Crippen molar-refractivity contribution in [3.63, 3.8) is 0 Å². The van der Waals surface area contributed by atoms with Crippen molar-refractivity contribution < 1.29 is 4.74 Å². The summed E-state index contributed by atoms with van der Waals surface area (Å²) < 4.78 is 5.47. The van der Waals surface area contributed by atoms with E-state index in [0.717, 1.165) is 17.9 Å². The lowest BCUT2D eigenvalue weighted by molar-refractivity contribution is 0.406. The molecule has 0 radical (unpaired) electrons. The summed E-state index contributed by atoms with van der Waals surface area (Å²) in [6.45, 7) is 2.18. The van der Waals surface area contributed by atoms with Crippen molar-refractivity contribution in [2.45, 2.75) is 24.3 Å². The van der Waals surface area contributed by atoms with Gasteiger partial charge in [0.15, 0.2) is 0 Å². The predicted octanol–water partition coefficient (Wildman–Crippen LogP) is 4.98. The summed E-state index contributed by atoms with van der Waals surface area (Å²) in [7, 11) is 1.72. The molecule has 1 atom stereocenters. The van der Waals surface area contributed by atoms with Crippen molar-refractivity contribution in [3.05, 3.63) is 54.1 Å². The second-order valence-corrected chi connectivity index (χ2v) is 5.46. The van der Waals surface area contributed by atoms with Crippen LogP contribution < -0.4 is 10.1 Å². The molecule has 0 saturated carbocycles. The number of benzene rings is 2. The number of nitrogens with one attached hydrogen (secondary N) is 1. The minimum absolute atomic E-state index is 0.253. The zero-order valence-electron chi connectivity index (χ0n) is 12.2. The minimum Gasteiger partial charge on any atom is -0.496 e. The fraction of sp³-hybridized carbons (Fsp3) is 0.294. The molecule has 20 heavy (non-hydrogen) atoms. The van der Waals surface area contributed by atoms with Crippen LogP contribution in [0.4, 0.5) is 5.69 Å². The molecular formula is C17H21NOS. The van der Waals surface area contributed by atoms with Crippen LogP contribution in [0.2, 0.25) is 0 Å². The molecule has 0 bridgehead atoms. The topological polar surface area (TPSA) is 21.3 Å². The average molecular weight is 287 g/mol. The van der Waals surface area contributed by atoms with Gasteiger partial charge in [0, 0.05) is 16.1 Å². The largest absolute Gasteiger partial charge is 0.496 e. The molecule has 2 nitrogen and oxygen atoms in total. The summed E-state index contributed by atoms with van der Waals surface area (Å²) in [4.78, 5) is 1.27. The van der Waals surface area contributed by atoms with Crippen LogP contribution >= 0.6 is 11.8 Å². The van der Waals surface area contributed by atoms with E-state index in [9.17, 15) is 0 Å². The maximum Gasteiger partial charge on any atom is 0.124 e. The number of hydrogen-bond donors (Lipinski definition) is 1. The molecule has 106 valence electrons. The minimum atomic E-state index is 0.253. The predicted molar refractivity (Wildman–Crippen MR) is 87.9 cm³/mol. The van der Waals surface area contributed by atoms with E-state index >= 15 is 0 Å². The third kappa shape index (κ3) is 3.48. The van der Waals surface area contributed by atoms with Gasteiger partial charge in [-0.15, -0.1) is 11.8 Å². The van der Waals surface area contributed by atoms with Gasteiger partial charge in [-0.2, -0.15) is 0 Å². The molecule has 1 unspecified atom stereocenters. The number of thioether (sulfide) groups is 1. The van der Waals surface area contributed by atoms with Crippen molar-refractivity contribution in [3.8, 4) is 5.75 Å². The number of methoxy groups -OCH3 is 1. The molecule has 0 saturated heterocycles. The van der Waals surface area contributed by atoms with Crippen molar-refractivity contribution in [1.82, 2.24) is 0 Å². The van der Waals surface area contributed by atoms with Crippen LogP contribution in [0.25, 0.3) is 0 Å². The first-order chi connectivity index (χ1) is 9.78. The van der Waals surface area contributed by atoms with Gasteiger partial charge in [-0.1, -0.05) is 31.2 Å². The van der Waals surface area contributed by atoms with Gasteiger partial charge < -0.3 is 10.1 Å². The Bertz CT molecular complexity index is 556. The van der Waals surface area contributed by atoms with Gasteiger partial charge in [0.2, 0.25) is 0 Å². The Kier molecular flexibility index (Phi) is 5.36. The van der Waals surface area contributed by atoms with Crippen LogP contribution in [0.5, 0.6) is 5.75 Å². The molecule has 0 amide bonds. The van der Waals surface area contributed by atoms with Gasteiger partial charge in [0.05, 0.1) is 13.2 Å². The Morgan fingerprint density at radius 2 is 1.95 bits per heavy atom. The summed E-state index contributed by atoms with van der Waals surface area (Å²) in [5.74, 6) is 0.938. The molecule has 3 heteroatoms. The Morgan fingerprint density at radius 3 is 2.65 bits per heavy atom. The molecule has 0 spiro atoms. The zero-order chi connectivity index (χ0) is 14.4. The first-order valence-corrected chi connectivity index (χ1v) is 8.04. The summed E-state index contributed by atoms with van der Waals surface area (Å²) in [5.41, 5.74) is 2.35. The lowest BCUT2D eigenvalue weighted by atomic mass is 10.0. The summed E-state index contributed by atoms with van der Waals surface area (Å²) in [6, 6.07) is 17.0. The SMILES string of the molecule is CCC(Nc1cccc(SC)c1)c1ccccc1OC. The maximum absolute atomic E-state index is 5.47. The van der Waals surface area contributed by atoms with E-state index in [1.807, 2.05) is 12.1 Å². The number of hydrogen-bond acceptors (Lipinski definition) is 3. The van der Waals surface area contributed by atoms with Gasteiger partial charge >= 0.3 is 0 Å². The molecule has 0 aliphatic heterocycles. The van der Waals surface area contributed by atoms with Crippen LogP contribution in [0.1, 0.15) is 24.9 Å². The van der Waals surface area contributed by atoms with Crippen molar-refractivity contribution in [2.24, 2.45) is 0 Å². The Morgan fingerprint density at radius 1 is 1.15 bits per heavy atom. The Balaban J connectivity index is 2.24. The lowest BCUT2D eigenvalue weighted by Gasteiger charge is -2.21. The van der Waals surface area contributed by atoms with E-state index in [4.69, 9.17) is 4.74 Å². The van der Waals surface area contributed by atoms with Gasteiger partial charge in [0.25, 0.3) is 0 Å². The fourth-order valence-electron chi connectivity index (χ4n) is 2.27. The smallest absolute Gasteiger partial charge is 0.124 e. The fourth-order valence-corrected chi connectivity index (χ4v) is 2.73. The average Bonchev–Trinajstić information content (AvgIpc) is 2.52. The highest BCUT2D eigenvalue weighted by molar-refractivity contribution is 7.98. The van der Waals surface area contributed by atoms with Crippen LogP contribution in [-0.2, 0) is 0 Å². The second kappa shape index (κ2) is 7.25. The molecule has 1 N–H and O–H groups in total. The Hall–Kier alpha value is -1.61. The number of anilines is 1. The monoisotopic (exact) mass is 287 g/mol. The van der Waals surface area contributed by atoms with Gasteiger partial charge in [-0.3, -0.25) is 0 Å². The maximum atomic E-state index is 5.47. The van der Waals surface area contributed by atoms with Crippen molar-refractivity contribution in [2.75, 3.05) is 18.7 Å². The van der Waals surface area contributed by atoms with Gasteiger partial charge in [0.1, 0.15) is 5.75 Å². The van der Waals surface area contributed by atoms with Crippen LogP contribution in [-0.4, -0.2) is 13.4 Å². The van der Waals surface area contributed by atoms with Crippen LogP contribution in [0.15, 0.2) is 53.4 Å². The molecule has 2 rings (SSSR count). The highest BCUT2D eigenvalue weighted by Gasteiger charge is 2.13. The second-order valence-electron chi connectivity index (χ2n) is 4.58. The molecule has 2 aromatic carbocycles. The number of ether oxygens (including phenoxy) is 1. The van der Waals surface area contributed by atoms with Crippen molar-refractivity contribution in [1.29, 1.82) is 0 Å². The quantitative estimate of drug-likeness (QED) is 0.757. The van der Waals surface area contributed by atoms with E-state index in [1.165, 1.54) is 10.5 Å². The molecular weight excluding hydrogens is 266 g/mol. The van der Waals surface area contributed by atoms with Gasteiger partial charge in [-0.05, 0) is 36.9 Å². The summed E-state index contributed by atoms with van der Waals surface area (Å²) >= 11 is 1.76. The van der Waals surface area contributed by atoms with E-state index in [1.54, 1.807) is 18.9 Å². The van der Waals surface area contributed by atoms with Crippen LogP contribution in [0, 0.1) is 0 Å². The first-order valence-electron chi connectivity index (χ1n) is 6.82. The highest BCUT2D eigenvalue weighted by Crippen LogP contribution is 2.30. The number of para-hydroxylation sites is 1. The highest BCUT2D eigenvalue weighted by atomic mass is 32.2. The third-order valence-corrected chi connectivity index (χ3v) is 4.06. The number of rotatable bonds is 6. The van der Waals surface area contributed by atoms with Gasteiger partial charge in [-0.25, -0.2) is 0 Å². The molecule has 0 fully saturated rings. The third-order valence-electron chi connectivity index (χ3n) is 3.33. The van der Waals surface area contributed by atoms with E-state index in [0.29, 0.717) is 0 Å². The zero-order valence-corrected chi connectivity index (χ0v) is 13.0. The lowest BCUT2D eigenvalue weighted by Crippen LogP contribution is -2.11.